The van der Waals surface area contributed by atoms with Gasteiger partial charge in [0.15, 0.2) is 0 Å². The van der Waals surface area contributed by atoms with Crippen LogP contribution in [0.3, 0.4) is 0 Å². The topological polar surface area (TPSA) is 12.0 Å². The predicted molar refractivity (Wildman–Crippen MR) is 75.5 cm³/mol. The minimum absolute atomic E-state index is 0.500. The molecule has 0 spiro atoms. The second-order valence-electron chi connectivity index (χ2n) is 4.07. The quantitative estimate of drug-likeness (QED) is 0.776. The van der Waals surface area contributed by atoms with E-state index < -0.39 is 11.7 Å². The molecular weight excluding hydrogens is 339 g/mol. The van der Waals surface area contributed by atoms with E-state index in [0.29, 0.717) is 12.2 Å². The lowest BCUT2D eigenvalue weighted by molar-refractivity contribution is -0.137. The lowest BCUT2D eigenvalue weighted by Gasteiger charge is -2.13. The smallest absolute Gasteiger partial charge is 0.380 e. The Bertz CT molecular complexity index is 578. The number of halogens is 4. The van der Waals surface area contributed by atoms with Gasteiger partial charge in [0.05, 0.1) is 12.1 Å². The fraction of sp³-hybridized carbons (Fsp3) is 0.231. The van der Waals surface area contributed by atoms with Crippen LogP contribution in [0.5, 0.6) is 0 Å². The SMILES string of the molecule is Cc1ccc(C(F)(F)F)cc1NCc1sccc1Br. The van der Waals surface area contributed by atoms with E-state index in [4.69, 9.17) is 0 Å². The minimum Gasteiger partial charge on any atom is -0.380 e. The summed E-state index contributed by atoms with van der Waals surface area (Å²) in [4.78, 5) is 1.05. The summed E-state index contributed by atoms with van der Waals surface area (Å²) in [7, 11) is 0. The molecule has 0 radical (unpaired) electrons. The lowest BCUT2D eigenvalue weighted by atomic mass is 10.1. The van der Waals surface area contributed by atoms with Crippen LogP contribution in [0, 0.1) is 6.92 Å². The van der Waals surface area contributed by atoms with Crippen LogP contribution < -0.4 is 5.32 Å². The first-order chi connectivity index (χ1) is 8.88. The van der Waals surface area contributed by atoms with Crippen molar-refractivity contribution in [1.82, 2.24) is 0 Å². The third kappa shape index (κ3) is 3.51. The molecule has 0 fully saturated rings. The first kappa shape index (κ1) is 14.4. The van der Waals surface area contributed by atoms with Crippen molar-refractivity contribution in [3.05, 3.63) is 50.1 Å². The van der Waals surface area contributed by atoms with Crippen LogP contribution in [0.4, 0.5) is 18.9 Å². The highest BCUT2D eigenvalue weighted by molar-refractivity contribution is 9.10. The van der Waals surface area contributed by atoms with Crippen LogP contribution in [0.2, 0.25) is 0 Å². The molecule has 0 unspecified atom stereocenters. The maximum atomic E-state index is 12.6. The van der Waals surface area contributed by atoms with E-state index in [9.17, 15) is 13.2 Å². The second kappa shape index (κ2) is 5.54. The van der Waals surface area contributed by atoms with Crippen LogP contribution >= 0.6 is 27.3 Å². The number of hydrogen-bond donors (Lipinski definition) is 1. The zero-order chi connectivity index (χ0) is 14.0. The van der Waals surface area contributed by atoms with Gasteiger partial charge in [0.25, 0.3) is 0 Å². The third-order valence-corrected chi connectivity index (χ3v) is 4.62. The fourth-order valence-corrected chi connectivity index (χ4v) is 3.05. The number of anilines is 1. The van der Waals surface area contributed by atoms with Crippen molar-refractivity contribution in [3.63, 3.8) is 0 Å². The van der Waals surface area contributed by atoms with Crippen LogP contribution in [0.1, 0.15) is 16.0 Å². The van der Waals surface area contributed by atoms with Gasteiger partial charge in [-0.3, -0.25) is 0 Å². The van der Waals surface area contributed by atoms with Gasteiger partial charge in [0, 0.05) is 15.0 Å². The molecule has 0 saturated heterocycles. The van der Waals surface area contributed by atoms with E-state index in [1.165, 1.54) is 6.07 Å². The molecule has 1 aromatic heterocycles. The molecule has 1 aromatic carbocycles. The maximum absolute atomic E-state index is 12.6. The van der Waals surface area contributed by atoms with Gasteiger partial charge in [-0.15, -0.1) is 11.3 Å². The molecule has 1 N–H and O–H groups in total. The second-order valence-corrected chi connectivity index (χ2v) is 5.93. The van der Waals surface area contributed by atoms with Gasteiger partial charge in [-0.25, -0.2) is 0 Å². The molecule has 2 rings (SSSR count). The van der Waals surface area contributed by atoms with E-state index in [1.807, 2.05) is 11.4 Å². The molecule has 0 saturated carbocycles. The van der Waals surface area contributed by atoms with Crippen LogP contribution in [0.15, 0.2) is 34.1 Å². The number of alkyl halides is 3. The van der Waals surface area contributed by atoms with Crippen molar-refractivity contribution in [2.24, 2.45) is 0 Å². The molecule has 0 aliphatic carbocycles. The van der Waals surface area contributed by atoms with E-state index in [2.05, 4.69) is 21.2 Å². The highest BCUT2D eigenvalue weighted by atomic mass is 79.9. The Labute approximate surface area is 121 Å². The third-order valence-electron chi connectivity index (χ3n) is 2.70. The molecule has 0 aliphatic rings. The summed E-state index contributed by atoms with van der Waals surface area (Å²) < 4.78 is 38.9. The summed E-state index contributed by atoms with van der Waals surface area (Å²) in [6.07, 6.45) is -4.31. The first-order valence-electron chi connectivity index (χ1n) is 5.51. The average molecular weight is 350 g/mol. The summed E-state index contributed by atoms with van der Waals surface area (Å²) in [6, 6.07) is 5.65. The monoisotopic (exact) mass is 349 g/mol. The van der Waals surface area contributed by atoms with Gasteiger partial charge in [0.2, 0.25) is 0 Å². The highest BCUT2D eigenvalue weighted by Crippen LogP contribution is 2.32. The zero-order valence-electron chi connectivity index (χ0n) is 10.0. The van der Waals surface area contributed by atoms with E-state index in [1.54, 1.807) is 18.3 Å². The average Bonchev–Trinajstić information content (AvgIpc) is 2.72. The van der Waals surface area contributed by atoms with Crippen LogP contribution in [-0.4, -0.2) is 0 Å². The Morgan fingerprint density at radius 3 is 2.58 bits per heavy atom. The molecule has 1 heterocycles. The van der Waals surface area contributed by atoms with Crippen molar-refractivity contribution < 1.29 is 13.2 Å². The van der Waals surface area contributed by atoms with Crippen LogP contribution in [0.25, 0.3) is 0 Å². The first-order valence-corrected chi connectivity index (χ1v) is 7.19. The number of rotatable bonds is 3. The molecule has 19 heavy (non-hydrogen) atoms. The molecule has 0 aliphatic heterocycles. The molecular formula is C13H11BrF3NS. The lowest BCUT2D eigenvalue weighted by Crippen LogP contribution is -2.07. The largest absolute Gasteiger partial charge is 0.416 e. The van der Waals surface area contributed by atoms with Gasteiger partial charge < -0.3 is 5.32 Å². The van der Waals surface area contributed by atoms with Crippen molar-refractivity contribution in [3.8, 4) is 0 Å². The standard InChI is InChI=1S/C13H11BrF3NS/c1-8-2-3-9(13(15,16)17)6-11(8)18-7-12-10(14)4-5-19-12/h2-6,18H,7H2,1H3. The van der Waals surface area contributed by atoms with Gasteiger partial charge in [-0.2, -0.15) is 13.2 Å². The molecule has 2 aromatic rings. The molecule has 0 amide bonds. The molecule has 6 heteroatoms. The predicted octanol–water partition coefficient (Wildman–Crippen LogP) is 5.45. The molecule has 1 nitrogen and oxygen atoms in total. The highest BCUT2D eigenvalue weighted by Gasteiger charge is 2.30. The van der Waals surface area contributed by atoms with Gasteiger partial charge in [0.1, 0.15) is 0 Å². The van der Waals surface area contributed by atoms with Crippen molar-refractivity contribution in [2.45, 2.75) is 19.6 Å². The normalized spacial score (nSPS) is 11.6. The minimum atomic E-state index is -4.31. The Morgan fingerprint density at radius 1 is 1.26 bits per heavy atom. The number of aryl methyl sites for hydroxylation is 1. The summed E-state index contributed by atoms with van der Waals surface area (Å²) in [6.45, 7) is 2.28. The molecule has 0 bridgehead atoms. The summed E-state index contributed by atoms with van der Waals surface area (Å²) >= 11 is 4.95. The fourth-order valence-electron chi connectivity index (χ4n) is 1.62. The van der Waals surface area contributed by atoms with Gasteiger partial charge >= 0.3 is 6.18 Å². The summed E-state index contributed by atoms with van der Waals surface area (Å²) in [5, 5.41) is 4.98. The zero-order valence-corrected chi connectivity index (χ0v) is 12.4. The summed E-state index contributed by atoms with van der Waals surface area (Å²) in [5.41, 5.74) is 0.668. The van der Waals surface area contributed by atoms with Gasteiger partial charge in [-0.05, 0) is 52.0 Å². The molecule has 102 valence electrons. The van der Waals surface area contributed by atoms with E-state index >= 15 is 0 Å². The Hall–Kier alpha value is -1.01. The summed E-state index contributed by atoms with van der Waals surface area (Å²) in [5.74, 6) is 0. The van der Waals surface area contributed by atoms with Crippen molar-refractivity contribution in [2.75, 3.05) is 5.32 Å². The number of thiophene rings is 1. The van der Waals surface area contributed by atoms with Crippen molar-refractivity contribution >= 4 is 33.0 Å². The van der Waals surface area contributed by atoms with Gasteiger partial charge in [-0.1, -0.05) is 6.07 Å². The van der Waals surface area contributed by atoms with Crippen molar-refractivity contribution in [1.29, 1.82) is 0 Å². The Balaban J connectivity index is 2.18. The maximum Gasteiger partial charge on any atom is 0.416 e. The Morgan fingerprint density at radius 2 is 2.00 bits per heavy atom. The Kier molecular flexibility index (Phi) is 4.20. The number of benzene rings is 1. The van der Waals surface area contributed by atoms with E-state index in [-0.39, 0.29) is 0 Å². The van der Waals surface area contributed by atoms with Crippen LogP contribution in [-0.2, 0) is 12.7 Å². The van der Waals surface area contributed by atoms with E-state index in [0.717, 1.165) is 27.0 Å². The number of hydrogen-bond acceptors (Lipinski definition) is 2. The number of nitrogens with one attached hydrogen (secondary N) is 1. The molecule has 0 atom stereocenters.